The molecule has 0 fully saturated rings. The second kappa shape index (κ2) is 6.53. The monoisotopic (exact) mass is 306 g/mol. The van der Waals surface area contributed by atoms with Crippen LogP contribution in [0.4, 0.5) is 11.5 Å². The first kappa shape index (κ1) is 15.2. The van der Waals surface area contributed by atoms with Gasteiger partial charge in [0.25, 0.3) is 10.0 Å². The van der Waals surface area contributed by atoms with Crippen molar-refractivity contribution in [2.75, 3.05) is 16.6 Å². The molecule has 0 aliphatic carbocycles. The predicted octanol–water partition coefficient (Wildman–Crippen LogP) is 2.41. The number of hydrogen-bond donors (Lipinski definition) is 2. The summed E-state index contributed by atoms with van der Waals surface area (Å²) in [7, 11) is -3.69. The van der Waals surface area contributed by atoms with Crippen molar-refractivity contribution in [3.05, 3.63) is 42.4 Å². The fraction of sp³-hybridized carbons (Fsp3) is 0.286. The van der Waals surface area contributed by atoms with E-state index in [4.69, 9.17) is 0 Å². The molecule has 21 heavy (non-hydrogen) atoms. The van der Waals surface area contributed by atoms with Crippen LogP contribution in [-0.2, 0) is 10.0 Å². The van der Waals surface area contributed by atoms with E-state index in [2.05, 4.69) is 20.0 Å². The van der Waals surface area contributed by atoms with E-state index in [0.29, 0.717) is 18.1 Å². The average Bonchev–Trinajstić information content (AvgIpc) is 2.45. The Balaban J connectivity index is 2.31. The van der Waals surface area contributed by atoms with Gasteiger partial charge in [-0.1, -0.05) is 6.92 Å². The molecule has 0 spiro atoms. The van der Waals surface area contributed by atoms with Crippen molar-refractivity contribution in [1.82, 2.24) is 9.97 Å². The molecule has 7 heteroatoms. The molecule has 2 heterocycles. The molecule has 112 valence electrons. The summed E-state index contributed by atoms with van der Waals surface area (Å²) in [5.41, 5.74) is 1.22. The van der Waals surface area contributed by atoms with E-state index in [0.717, 1.165) is 12.1 Å². The van der Waals surface area contributed by atoms with Crippen LogP contribution >= 0.6 is 0 Å². The molecule has 2 aromatic heterocycles. The molecule has 0 aromatic carbocycles. The number of rotatable bonds is 6. The lowest BCUT2D eigenvalue weighted by Gasteiger charge is -2.12. The number of pyridine rings is 2. The Kier molecular flexibility index (Phi) is 4.74. The Bertz CT molecular complexity index is 716. The summed E-state index contributed by atoms with van der Waals surface area (Å²) in [5, 5.41) is 3.02. The first-order chi connectivity index (χ1) is 10.0. The zero-order valence-corrected chi connectivity index (χ0v) is 12.8. The molecule has 0 amide bonds. The Hall–Kier alpha value is -2.15. The molecule has 0 radical (unpaired) electrons. The largest absolute Gasteiger partial charge is 0.369 e. The van der Waals surface area contributed by atoms with E-state index in [-0.39, 0.29) is 4.90 Å². The maximum absolute atomic E-state index is 12.5. The normalized spacial score (nSPS) is 11.1. The van der Waals surface area contributed by atoms with Gasteiger partial charge in [-0.2, -0.15) is 0 Å². The second-order valence-electron chi connectivity index (χ2n) is 4.57. The molecule has 0 atom stereocenters. The summed E-state index contributed by atoms with van der Waals surface area (Å²) in [6.45, 7) is 4.46. The molecular formula is C14H18N4O2S. The van der Waals surface area contributed by atoms with E-state index < -0.39 is 10.0 Å². The van der Waals surface area contributed by atoms with Gasteiger partial charge in [-0.15, -0.1) is 0 Å². The molecule has 0 saturated heterocycles. The first-order valence-corrected chi connectivity index (χ1v) is 8.15. The van der Waals surface area contributed by atoms with E-state index in [9.17, 15) is 8.42 Å². The number of sulfonamides is 1. The van der Waals surface area contributed by atoms with Crippen LogP contribution in [0, 0.1) is 6.92 Å². The van der Waals surface area contributed by atoms with Crippen LogP contribution in [0.5, 0.6) is 0 Å². The van der Waals surface area contributed by atoms with Gasteiger partial charge in [0.05, 0.1) is 5.69 Å². The molecule has 0 aliphatic heterocycles. The highest BCUT2D eigenvalue weighted by Crippen LogP contribution is 2.21. The Labute approximate surface area is 124 Å². The summed E-state index contributed by atoms with van der Waals surface area (Å²) < 4.78 is 27.5. The van der Waals surface area contributed by atoms with Crippen molar-refractivity contribution >= 4 is 21.5 Å². The van der Waals surface area contributed by atoms with E-state index in [1.165, 1.54) is 6.07 Å². The fourth-order valence-electron chi connectivity index (χ4n) is 1.80. The lowest BCUT2D eigenvalue weighted by Crippen LogP contribution is -2.16. The predicted molar refractivity (Wildman–Crippen MR) is 82.8 cm³/mol. The van der Waals surface area contributed by atoms with Gasteiger partial charge in [0.15, 0.2) is 0 Å². The van der Waals surface area contributed by atoms with Gasteiger partial charge < -0.3 is 5.32 Å². The second-order valence-corrected chi connectivity index (χ2v) is 6.22. The highest BCUT2D eigenvalue weighted by atomic mass is 32.2. The minimum Gasteiger partial charge on any atom is -0.369 e. The number of nitrogens with zero attached hydrogens (tertiary/aromatic N) is 2. The van der Waals surface area contributed by atoms with Crippen LogP contribution in [0.3, 0.4) is 0 Å². The van der Waals surface area contributed by atoms with Gasteiger partial charge in [0, 0.05) is 24.6 Å². The zero-order valence-electron chi connectivity index (χ0n) is 12.0. The van der Waals surface area contributed by atoms with Gasteiger partial charge in [0.2, 0.25) is 0 Å². The van der Waals surface area contributed by atoms with Crippen LogP contribution in [-0.4, -0.2) is 24.9 Å². The van der Waals surface area contributed by atoms with Gasteiger partial charge in [0.1, 0.15) is 10.7 Å². The van der Waals surface area contributed by atoms with Crippen molar-refractivity contribution in [3.8, 4) is 0 Å². The number of aryl methyl sites for hydroxylation is 1. The Morgan fingerprint density at radius 3 is 2.71 bits per heavy atom. The molecule has 0 saturated carbocycles. The van der Waals surface area contributed by atoms with Crippen LogP contribution in [0.15, 0.2) is 41.6 Å². The molecule has 2 aromatic rings. The van der Waals surface area contributed by atoms with Gasteiger partial charge in [-0.3, -0.25) is 9.71 Å². The third-order valence-electron chi connectivity index (χ3n) is 2.75. The Morgan fingerprint density at radius 1 is 1.19 bits per heavy atom. The maximum Gasteiger partial charge on any atom is 0.265 e. The minimum atomic E-state index is -3.69. The topological polar surface area (TPSA) is 84.0 Å². The summed E-state index contributed by atoms with van der Waals surface area (Å²) in [5.74, 6) is 0.359. The van der Waals surface area contributed by atoms with Gasteiger partial charge in [-0.25, -0.2) is 13.4 Å². The van der Waals surface area contributed by atoms with E-state index >= 15 is 0 Å². The lowest BCUT2D eigenvalue weighted by atomic mass is 10.3. The highest BCUT2D eigenvalue weighted by molar-refractivity contribution is 7.92. The van der Waals surface area contributed by atoms with Gasteiger partial charge >= 0.3 is 0 Å². The van der Waals surface area contributed by atoms with Crippen molar-refractivity contribution in [1.29, 1.82) is 0 Å². The van der Waals surface area contributed by atoms with Crippen molar-refractivity contribution in [2.24, 2.45) is 0 Å². The van der Waals surface area contributed by atoms with Crippen LogP contribution in [0.2, 0.25) is 0 Å². The van der Waals surface area contributed by atoms with Crippen molar-refractivity contribution in [2.45, 2.75) is 25.2 Å². The number of hydrogen-bond acceptors (Lipinski definition) is 5. The summed E-state index contributed by atoms with van der Waals surface area (Å²) >= 11 is 0. The van der Waals surface area contributed by atoms with Crippen LogP contribution < -0.4 is 10.0 Å². The molecule has 0 aliphatic rings. The summed E-state index contributed by atoms with van der Waals surface area (Å²) in [6.07, 6.45) is 4.01. The molecular weight excluding hydrogens is 288 g/mol. The Morgan fingerprint density at radius 2 is 2.00 bits per heavy atom. The number of nitrogens with one attached hydrogen (secondary N) is 2. The quantitative estimate of drug-likeness (QED) is 0.856. The average molecular weight is 306 g/mol. The van der Waals surface area contributed by atoms with Gasteiger partial charge in [-0.05, 0) is 37.6 Å². The molecule has 2 rings (SSSR count). The van der Waals surface area contributed by atoms with E-state index in [1.807, 2.05) is 6.92 Å². The molecule has 6 nitrogen and oxygen atoms in total. The van der Waals surface area contributed by atoms with Crippen molar-refractivity contribution < 1.29 is 8.42 Å². The van der Waals surface area contributed by atoms with Crippen LogP contribution in [0.1, 0.15) is 19.0 Å². The third-order valence-corrected chi connectivity index (χ3v) is 4.16. The maximum atomic E-state index is 12.5. The van der Waals surface area contributed by atoms with Crippen LogP contribution in [0.25, 0.3) is 0 Å². The minimum absolute atomic E-state index is 0.132. The standard InChI is InChI=1S/C14H18N4O2S/c1-3-7-16-14-13(5-4-8-17-14)21(19,20)18-12-6-9-15-11(2)10-12/h4-6,8-10H,3,7H2,1-2H3,(H,15,18)(H,16,17). The first-order valence-electron chi connectivity index (χ1n) is 6.67. The zero-order chi connectivity index (χ0) is 15.3. The third kappa shape index (κ3) is 3.91. The summed E-state index contributed by atoms with van der Waals surface area (Å²) in [4.78, 5) is 8.27. The smallest absolute Gasteiger partial charge is 0.265 e. The van der Waals surface area contributed by atoms with E-state index in [1.54, 1.807) is 37.5 Å². The SMILES string of the molecule is CCCNc1ncccc1S(=O)(=O)Nc1ccnc(C)c1. The molecule has 0 unspecified atom stereocenters. The van der Waals surface area contributed by atoms with Crippen molar-refractivity contribution in [3.63, 3.8) is 0 Å². The summed E-state index contributed by atoms with van der Waals surface area (Å²) in [6, 6.07) is 6.41. The number of aromatic nitrogens is 2. The lowest BCUT2D eigenvalue weighted by molar-refractivity contribution is 0.601. The molecule has 2 N–H and O–H groups in total. The molecule has 0 bridgehead atoms. The number of anilines is 2. The highest BCUT2D eigenvalue weighted by Gasteiger charge is 2.19. The fourth-order valence-corrected chi connectivity index (χ4v) is 2.99.